The van der Waals surface area contributed by atoms with Crippen LogP contribution < -0.4 is 10.5 Å². The van der Waals surface area contributed by atoms with Crippen LogP contribution in [0.3, 0.4) is 0 Å². The van der Waals surface area contributed by atoms with Crippen LogP contribution in [0.4, 0.5) is 4.39 Å². The van der Waals surface area contributed by atoms with E-state index in [1.54, 1.807) is 18.3 Å². The molecule has 0 radical (unpaired) electrons. The molecule has 2 heterocycles. The third-order valence-corrected chi connectivity index (χ3v) is 4.87. The van der Waals surface area contributed by atoms with E-state index in [0.717, 1.165) is 35.3 Å². The second kappa shape index (κ2) is 7.26. The zero-order valence-corrected chi connectivity index (χ0v) is 14.4. The highest BCUT2D eigenvalue weighted by Gasteiger charge is 2.25. The molecule has 2 N–H and O–H groups in total. The van der Waals surface area contributed by atoms with Gasteiger partial charge in [0.2, 0.25) is 0 Å². The number of pyridine rings is 1. The maximum atomic E-state index is 13.1. The zero-order chi connectivity index (χ0) is 17.9. The molecule has 2 atom stereocenters. The van der Waals surface area contributed by atoms with Crippen molar-refractivity contribution in [1.29, 1.82) is 0 Å². The van der Waals surface area contributed by atoms with Crippen molar-refractivity contribution in [2.75, 3.05) is 0 Å². The fourth-order valence-electron chi connectivity index (χ4n) is 3.45. The predicted molar refractivity (Wildman–Crippen MR) is 100 cm³/mol. The van der Waals surface area contributed by atoms with Crippen molar-refractivity contribution in [3.8, 4) is 16.9 Å². The van der Waals surface area contributed by atoms with Gasteiger partial charge in [0.25, 0.3) is 0 Å². The number of fused-ring (bicyclic) bond motifs is 1. The van der Waals surface area contributed by atoms with Gasteiger partial charge in [0.15, 0.2) is 0 Å². The molecule has 132 valence electrons. The highest BCUT2D eigenvalue weighted by Crippen LogP contribution is 2.29. The molecule has 0 spiro atoms. The van der Waals surface area contributed by atoms with E-state index in [-0.39, 0.29) is 18.0 Å². The van der Waals surface area contributed by atoms with Gasteiger partial charge in [-0.2, -0.15) is 0 Å². The number of ether oxygens (including phenoxy) is 1. The Morgan fingerprint density at radius 1 is 1.08 bits per heavy atom. The minimum absolute atomic E-state index is 0.000577. The lowest BCUT2D eigenvalue weighted by Crippen LogP contribution is -2.42. The van der Waals surface area contributed by atoms with Crippen molar-refractivity contribution in [2.45, 2.75) is 31.4 Å². The normalized spacial score (nSPS) is 17.2. The summed E-state index contributed by atoms with van der Waals surface area (Å²) in [6, 6.07) is 16.5. The minimum atomic E-state index is -0.241. The first-order valence-corrected chi connectivity index (χ1v) is 8.89. The summed E-state index contributed by atoms with van der Waals surface area (Å²) < 4.78 is 19.2. The summed E-state index contributed by atoms with van der Waals surface area (Å²) >= 11 is 0. The number of rotatable bonds is 4. The van der Waals surface area contributed by atoms with Crippen LogP contribution >= 0.6 is 0 Å². The van der Waals surface area contributed by atoms with E-state index in [0.29, 0.717) is 6.42 Å². The van der Waals surface area contributed by atoms with E-state index >= 15 is 0 Å². The molecule has 2 unspecified atom stereocenters. The van der Waals surface area contributed by atoms with Crippen molar-refractivity contribution in [1.82, 2.24) is 4.98 Å². The molecular weight excluding hydrogens is 327 g/mol. The van der Waals surface area contributed by atoms with Crippen molar-refractivity contribution in [3.63, 3.8) is 0 Å². The van der Waals surface area contributed by atoms with Crippen LogP contribution in [0.2, 0.25) is 0 Å². The third-order valence-electron chi connectivity index (χ3n) is 4.87. The Bertz CT molecular complexity index is 895. The lowest BCUT2D eigenvalue weighted by Gasteiger charge is -2.30. The molecule has 4 rings (SSSR count). The molecule has 0 saturated heterocycles. The first kappa shape index (κ1) is 16.7. The monoisotopic (exact) mass is 348 g/mol. The molecule has 4 heteroatoms. The molecular formula is C22H21FN2O. The lowest BCUT2D eigenvalue weighted by atomic mass is 9.94. The van der Waals surface area contributed by atoms with Gasteiger partial charge in [-0.3, -0.25) is 4.98 Å². The summed E-state index contributed by atoms with van der Waals surface area (Å²) in [7, 11) is 0. The van der Waals surface area contributed by atoms with Crippen LogP contribution in [0.1, 0.15) is 17.5 Å². The van der Waals surface area contributed by atoms with E-state index in [4.69, 9.17) is 10.5 Å². The number of benzene rings is 2. The van der Waals surface area contributed by atoms with E-state index in [1.807, 2.05) is 24.4 Å². The Morgan fingerprint density at radius 3 is 2.73 bits per heavy atom. The van der Waals surface area contributed by atoms with Gasteiger partial charge in [-0.25, -0.2) is 4.39 Å². The van der Waals surface area contributed by atoms with Crippen molar-refractivity contribution in [3.05, 3.63) is 83.9 Å². The topological polar surface area (TPSA) is 48.1 Å². The molecule has 1 aliphatic heterocycles. The first-order chi connectivity index (χ1) is 12.7. The number of hydrogen-bond acceptors (Lipinski definition) is 3. The largest absolute Gasteiger partial charge is 0.489 e. The van der Waals surface area contributed by atoms with Crippen LogP contribution in [0.5, 0.6) is 5.75 Å². The third kappa shape index (κ3) is 3.60. The Morgan fingerprint density at radius 2 is 1.88 bits per heavy atom. The maximum Gasteiger partial charge on any atom is 0.123 e. The standard InChI is InChI=1S/C22H21FN2O/c23-19-8-5-16(6-9-19)18-11-15(13-25-14-18)12-20(24)22-10-7-17-3-1-2-4-21(17)26-22/h1-6,8-9,11,13-14,20,22H,7,10,12,24H2. The molecule has 0 fully saturated rings. The van der Waals surface area contributed by atoms with Crippen molar-refractivity contribution in [2.24, 2.45) is 5.73 Å². The Kier molecular flexibility index (Phi) is 4.67. The Balaban J connectivity index is 1.47. The second-order valence-electron chi connectivity index (χ2n) is 6.76. The van der Waals surface area contributed by atoms with E-state index < -0.39 is 0 Å². The average Bonchev–Trinajstić information content (AvgIpc) is 2.68. The smallest absolute Gasteiger partial charge is 0.123 e. The fraction of sp³-hybridized carbons (Fsp3) is 0.227. The SMILES string of the molecule is NC(Cc1cncc(-c2ccc(F)cc2)c1)C1CCc2ccccc2O1. The molecule has 3 aromatic rings. The molecule has 0 saturated carbocycles. The van der Waals surface area contributed by atoms with Crippen molar-refractivity contribution >= 4 is 0 Å². The summed E-state index contributed by atoms with van der Waals surface area (Å²) in [6.07, 6.45) is 6.22. The van der Waals surface area contributed by atoms with E-state index in [9.17, 15) is 4.39 Å². The first-order valence-electron chi connectivity index (χ1n) is 8.89. The van der Waals surface area contributed by atoms with Gasteiger partial charge in [0.1, 0.15) is 17.7 Å². The second-order valence-corrected chi connectivity index (χ2v) is 6.76. The molecule has 0 aliphatic carbocycles. The van der Waals surface area contributed by atoms with Crippen LogP contribution in [-0.2, 0) is 12.8 Å². The van der Waals surface area contributed by atoms with Crippen LogP contribution in [0, 0.1) is 5.82 Å². The fourth-order valence-corrected chi connectivity index (χ4v) is 3.45. The highest BCUT2D eigenvalue weighted by atomic mass is 19.1. The van der Waals surface area contributed by atoms with Gasteiger partial charge in [-0.1, -0.05) is 30.3 Å². The summed E-state index contributed by atoms with van der Waals surface area (Å²) in [5.41, 5.74) is 10.7. The number of aromatic nitrogens is 1. The van der Waals surface area contributed by atoms with Gasteiger partial charge < -0.3 is 10.5 Å². The van der Waals surface area contributed by atoms with Gasteiger partial charge in [0.05, 0.1) is 0 Å². The number of para-hydroxylation sites is 1. The van der Waals surface area contributed by atoms with Crippen molar-refractivity contribution < 1.29 is 9.13 Å². The maximum absolute atomic E-state index is 13.1. The highest BCUT2D eigenvalue weighted by molar-refractivity contribution is 5.62. The summed E-state index contributed by atoms with van der Waals surface area (Å²) in [5, 5.41) is 0. The number of nitrogens with zero attached hydrogens (tertiary/aromatic N) is 1. The van der Waals surface area contributed by atoms with E-state index in [1.165, 1.54) is 17.7 Å². The van der Waals surface area contributed by atoms with Crippen LogP contribution in [0.25, 0.3) is 11.1 Å². The van der Waals surface area contributed by atoms with Crippen LogP contribution in [0.15, 0.2) is 67.0 Å². The Labute approximate surface area is 152 Å². The summed E-state index contributed by atoms with van der Waals surface area (Å²) in [5.74, 6) is 0.701. The number of halogens is 1. The summed E-state index contributed by atoms with van der Waals surface area (Å²) in [6.45, 7) is 0. The lowest BCUT2D eigenvalue weighted by molar-refractivity contribution is 0.144. The summed E-state index contributed by atoms with van der Waals surface area (Å²) in [4.78, 5) is 4.33. The number of hydrogen-bond donors (Lipinski definition) is 1. The predicted octanol–water partition coefficient (Wildman–Crippen LogP) is 4.15. The Hall–Kier alpha value is -2.72. The number of nitrogens with two attached hydrogens (primary N) is 1. The number of aryl methyl sites for hydroxylation is 1. The van der Waals surface area contributed by atoms with Crippen LogP contribution in [-0.4, -0.2) is 17.1 Å². The molecule has 3 nitrogen and oxygen atoms in total. The quantitative estimate of drug-likeness (QED) is 0.770. The minimum Gasteiger partial charge on any atom is -0.489 e. The van der Waals surface area contributed by atoms with Gasteiger partial charge in [0, 0.05) is 24.0 Å². The molecule has 0 bridgehead atoms. The van der Waals surface area contributed by atoms with Gasteiger partial charge in [-0.05, 0) is 60.2 Å². The van der Waals surface area contributed by atoms with E-state index in [2.05, 4.69) is 17.1 Å². The zero-order valence-electron chi connectivity index (χ0n) is 14.4. The average molecular weight is 348 g/mol. The molecule has 26 heavy (non-hydrogen) atoms. The molecule has 1 aromatic heterocycles. The molecule has 2 aromatic carbocycles. The molecule has 1 aliphatic rings. The van der Waals surface area contributed by atoms with Gasteiger partial charge in [-0.15, -0.1) is 0 Å². The van der Waals surface area contributed by atoms with Gasteiger partial charge >= 0.3 is 0 Å². The molecule has 0 amide bonds.